The molecule has 3 aromatic rings. The lowest BCUT2D eigenvalue weighted by molar-refractivity contribution is 0.0556. The second kappa shape index (κ2) is 9.09. The first-order valence-electron chi connectivity index (χ1n) is 7.62. The highest BCUT2D eigenvalue weighted by atomic mass is 35.5. The van der Waals surface area contributed by atoms with Crippen LogP contribution in [0.1, 0.15) is 10.4 Å². The van der Waals surface area contributed by atoms with E-state index in [9.17, 15) is 4.79 Å². The molecule has 0 spiro atoms. The number of hydrogen-bond donors (Lipinski definition) is 0. The zero-order valence-electron chi connectivity index (χ0n) is 13.5. The van der Waals surface area contributed by atoms with Gasteiger partial charge >= 0.3 is 5.97 Å². The Morgan fingerprint density at radius 3 is 2.77 bits per heavy atom. The van der Waals surface area contributed by atoms with E-state index in [-0.39, 0.29) is 6.61 Å². The van der Waals surface area contributed by atoms with Gasteiger partial charge in [0.05, 0.1) is 11.3 Å². The maximum atomic E-state index is 11.7. The van der Waals surface area contributed by atoms with Crippen molar-refractivity contribution in [1.82, 2.24) is 10.2 Å². The number of carbonyl (C=O) groups is 1. The maximum Gasteiger partial charge on any atom is 0.339 e. The zero-order chi connectivity index (χ0) is 18.2. The minimum absolute atomic E-state index is 0.0336. The Kier molecular flexibility index (Phi) is 6.31. The molecule has 0 atom stereocenters. The number of esters is 1. The molecule has 0 aliphatic heterocycles. The molecule has 0 saturated carbocycles. The van der Waals surface area contributed by atoms with Crippen LogP contribution in [-0.2, 0) is 4.74 Å². The summed E-state index contributed by atoms with van der Waals surface area (Å²) in [6.45, 7) is 0.0336. The first-order valence-corrected chi connectivity index (χ1v) is 8.99. The van der Waals surface area contributed by atoms with Crippen molar-refractivity contribution in [1.29, 1.82) is 0 Å². The Hall–Kier alpha value is -2.75. The van der Waals surface area contributed by atoms with Crippen molar-refractivity contribution < 1.29 is 13.9 Å². The number of aromatic nitrogens is 2. The highest BCUT2D eigenvalue weighted by Crippen LogP contribution is 2.24. The summed E-state index contributed by atoms with van der Waals surface area (Å²) in [7, 11) is 0. The summed E-state index contributed by atoms with van der Waals surface area (Å²) in [5.41, 5.74) is 1.26. The molecule has 0 radical (unpaired) electrons. The summed E-state index contributed by atoms with van der Waals surface area (Å²) in [6.07, 6.45) is 0. The number of carbonyl (C=O) groups excluding carboxylic acids is 1. The lowest BCUT2D eigenvalue weighted by Crippen LogP contribution is -2.04. The molecule has 0 unspecified atom stereocenters. The van der Waals surface area contributed by atoms with Crippen molar-refractivity contribution in [3.8, 4) is 23.3 Å². The molecular weight excluding hydrogens is 372 g/mol. The van der Waals surface area contributed by atoms with Gasteiger partial charge in [-0.25, -0.2) is 4.79 Å². The van der Waals surface area contributed by atoms with E-state index >= 15 is 0 Å². The van der Waals surface area contributed by atoms with Gasteiger partial charge in [-0.15, -0.1) is 10.2 Å². The van der Waals surface area contributed by atoms with Gasteiger partial charge in [-0.3, -0.25) is 0 Å². The number of rotatable bonds is 5. The van der Waals surface area contributed by atoms with Crippen LogP contribution < -0.4 is 0 Å². The number of halogens is 1. The molecule has 130 valence electrons. The molecule has 0 bridgehead atoms. The van der Waals surface area contributed by atoms with Crippen molar-refractivity contribution in [2.24, 2.45) is 0 Å². The van der Waals surface area contributed by atoms with Gasteiger partial charge in [0.2, 0.25) is 5.89 Å². The minimum Gasteiger partial charge on any atom is -0.449 e. The largest absolute Gasteiger partial charge is 0.449 e. The summed E-state index contributed by atoms with van der Waals surface area (Å²) in [5, 5.41) is 8.96. The number of thioether (sulfide) groups is 1. The van der Waals surface area contributed by atoms with Crippen LogP contribution in [0.4, 0.5) is 0 Å². The molecule has 3 rings (SSSR count). The fourth-order valence-electron chi connectivity index (χ4n) is 1.97. The van der Waals surface area contributed by atoms with Crippen molar-refractivity contribution in [3.63, 3.8) is 0 Å². The van der Waals surface area contributed by atoms with Crippen molar-refractivity contribution in [2.45, 2.75) is 5.22 Å². The van der Waals surface area contributed by atoms with Crippen LogP contribution in [0.3, 0.4) is 0 Å². The monoisotopic (exact) mass is 384 g/mol. The molecule has 0 fully saturated rings. The Morgan fingerprint density at radius 2 is 1.96 bits per heavy atom. The Bertz CT molecular complexity index is 948. The number of nitrogens with zero attached hydrogens (tertiary/aromatic N) is 2. The molecule has 2 aromatic carbocycles. The molecule has 0 amide bonds. The minimum atomic E-state index is -0.393. The highest BCUT2D eigenvalue weighted by Gasteiger charge is 2.08. The predicted molar refractivity (Wildman–Crippen MR) is 100.0 cm³/mol. The quantitative estimate of drug-likeness (QED) is 0.370. The lowest BCUT2D eigenvalue weighted by atomic mass is 10.2. The second-order valence-electron chi connectivity index (χ2n) is 4.97. The summed E-state index contributed by atoms with van der Waals surface area (Å²) >= 11 is 7.25. The first-order chi connectivity index (χ1) is 12.7. The lowest BCUT2D eigenvalue weighted by Gasteiger charge is -1.99. The van der Waals surface area contributed by atoms with Gasteiger partial charge in [0.15, 0.2) is 6.61 Å². The Labute approximate surface area is 159 Å². The van der Waals surface area contributed by atoms with Gasteiger partial charge in [0.25, 0.3) is 5.22 Å². The molecule has 1 heterocycles. The third-order valence-electron chi connectivity index (χ3n) is 3.16. The SMILES string of the molecule is O=C(OCC#CCSc1nnc(-c2cccc(Cl)c2)o1)c1ccccc1. The summed E-state index contributed by atoms with van der Waals surface area (Å²) in [6, 6.07) is 16.0. The number of hydrogen-bond acceptors (Lipinski definition) is 6. The molecule has 0 aliphatic rings. The fourth-order valence-corrected chi connectivity index (χ4v) is 2.69. The average Bonchev–Trinajstić information content (AvgIpc) is 3.14. The standard InChI is InChI=1S/C19H13ClN2O3S/c20-16-10-6-9-15(13-16)17-21-22-19(25-17)26-12-5-4-11-24-18(23)14-7-2-1-3-8-14/h1-3,6-10,13H,11-12H2. The molecule has 1 aromatic heterocycles. The van der Waals surface area contributed by atoms with Crippen LogP contribution in [0.5, 0.6) is 0 Å². The first kappa shape index (κ1) is 18.1. The number of benzene rings is 2. The summed E-state index contributed by atoms with van der Waals surface area (Å²) in [4.78, 5) is 11.7. The smallest absolute Gasteiger partial charge is 0.339 e. The Morgan fingerprint density at radius 1 is 1.12 bits per heavy atom. The van der Waals surface area contributed by atoms with Crippen LogP contribution in [-0.4, -0.2) is 28.5 Å². The van der Waals surface area contributed by atoms with E-state index in [1.807, 2.05) is 18.2 Å². The molecule has 7 heteroatoms. The van der Waals surface area contributed by atoms with Crippen molar-refractivity contribution in [2.75, 3.05) is 12.4 Å². The fraction of sp³-hybridized carbons (Fsp3) is 0.105. The van der Waals surface area contributed by atoms with E-state index in [1.54, 1.807) is 36.4 Å². The molecule has 0 N–H and O–H groups in total. The molecular formula is C19H13ClN2O3S. The van der Waals surface area contributed by atoms with Gasteiger partial charge in [0.1, 0.15) is 0 Å². The van der Waals surface area contributed by atoms with Crippen LogP contribution in [0, 0.1) is 11.8 Å². The average molecular weight is 385 g/mol. The van der Waals surface area contributed by atoms with E-state index in [0.717, 1.165) is 5.56 Å². The maximum absolute atomic E-state index is 11.7. The third-order valence-corrected chi connectivity index (χ3v) is 4.09. The third kappa shape index (κ3) is 5.12. The van der Waals surface area contributed by atoms with Crippen LogP contribution in [0.2, 0.25) is 5.02 Å². The van der Waals surface area contributed by atoms with Crippen molar-refractivity contribution >= 4 is 29.3 Å². The zero-order valence-corrected chi connectivity index (χ0v) is 15.1. The van der Waals surface area contributed by atoms with Gasteiger partial charge in [-0.05, 0) is 30.3 Å². The van der Waals surface area contributed by atoms with Crippen LogP contribution in [0.15, 0.2) is 64.2 Å². The topological polar surface area (TPSA) is 65.2 Å². The van der Waals surface area contributed by atoms with E-state index < -0.39 is 5.97 Å². The summed E-state index contributed by atoms with van der Waals surface area (Å²) < 4.78 is 10.6. The molecule has 0 saturated heterocycles. The van der Waals surface area contributed by atoms with Gasteiger partial charge in [-0.1, -0.05) is 59.5 Å². The van der Waals surface area contributed by atoms with E-state index in [4.69, 9.17) is 20.8 Å². The molecule has 5 nitrogen and oxygen atoms in total. The molecule has 26 heavy (non-hydrogen) atoms. The van der Waals surface area contributed by atoms with Gasteiger partial charge in [-0.2, -0.15) is 0 Å². The van der Waals surface area contributed by atoms with E-state index in [0.29, 0.717) is 27.5 Å². The van der Waals surface area contributed by atoms with Crippen LogP contribution in [0.25, 0.3) is 11.5 Å². The normalized spacial score (nSPS) is 10.0. The van der Waals surface area contributed by atoms with Gasteiger partial charge in [0, 0.05) is 10.6 Å². The predicted octanol–water partition coefficient (Wildman–Crippen LogP) is 4.34. The van der Waals surface area contributed by atoms with Crippen LogP contribution >= 0.6 is 23.4 Å². The number of ether oxygens (including phenoxy) is 1. The summed E-state index contributed by atoms with van der Waals surface area (Å²) in [5.74, 6) is 6.12. The highest BCUT2D eigenvalue weighted by molar-refractivity contribution is 7.99. The molecule has 0 aliphatic carbocycles. The Balaban J connectivity index is 1.45. The van der Waals surface area contributed by atoms with E-state index in [2.05, 4.69) is 22.0 Å². The van der Waals surface area contributed by atoms with Gasteiger partial charge < -0.3 is 9.15 Å². The van der Waals surface area contributed by atoms with Crippen molar-refractivity contribution in [3.05, 3.63) is 65.2 Å². The van der Waals surface area contributed by atoms with E-state index in [1.165, 1.54) is 11.8 Å². The second-order valence-corrected chi connectivity index (χ2v) is 6.33.